The Hall–Kier alpha value is -1.68. The zero-order valence-electron chi connectivity index (χ0n) is 8.35. The fourth-order valence-electron chi connectivity index (χ4n) is 2.10. The second kappa shape index (κ2) is 3.42. The monoisotopic (exact) mass is 233 g/mol. The summed E-state index contributed by atoms with van der Waals surface area (Å²) in [6.07, 6.45) is 6.79. The van der Waals surface area contributed by atoms with Crippen LogP contribution in [-0.4, -0.2) is 19.8 Å². The molecule has 1 aliphatic rings. The first-order chi connectivity index (χ1) is 7.77. The highest BCUT2D eigenvalue weighted by Gasteiger charge is 2.21. The molecular formula is C11H8ClN3O. The van der Waals surface area contributed by atoms with Crippen molar-refractivity contribution in [2.45, 2.75) is 12.8 Å². The van der Waals surface area contributed by atoms with Crippen LogP contribution in [0, 0.1) is 0 Å². The van der Waals surface area contributed by atoms with Gasteiger partial charge in [0.05, 0.1) is 5.56 Å². The van der Waals surface area contributed by atoms with Crippen molar-refractivity contribution in [2.75, 3.05) is 0 Å². The molecule has 0 unspecified atom stereocenters. The molecule has 0 saturated heterocycles. The van der Waals surface area contributed by atoms with Gasteiger partial charge in [-0.25, -0.2) is 9.97 Å². The summed E-state index contributed by atoms with van der Waals surface area (Å²) < 4.78 is 1.91. The van der Waals surface area contributed by atoms with Gasteiger partial charge in [-0.1, -0.05) is 0 Å². The lowest BCUT2D eigenvalue weighted by Crippen LogP contribution is -2.14. The van der Waals surface area contributed by atoms with Gasteiger partial charge in [0.25, 0.3) is 5.24 Å². The number of aryl methyl sites for hydroxylation is 1. The smallest absolute Gasteiger partial charge is 0.254 e. The zero-order valence-corrected chi connectivity index (χ0v) is 9.11. The van der Waals surface area contributed by atoms with Crippen LogP contribution in [0.15, 0.2) is 24.8 Å². The quantitative estimate of drug-likeness (QED) is 0.705. The summed E-state index contributed by atoms with van der Waals surface area (Å²) in [4.78, 5) is 19.4. The number of carbonyl (C=O) groups excluding carboxylic acids is 1. The number of hydrogen-bond donors (Lipinski definition) is 0. The highest BCUT2D eigenvalue weighted by Crippen LogP contribution is 2.26. The third kappa shape index (κ3) is 1.27. The van der Waals surface area contributed by atoms with E-state index >= 15 is 0 Å². The molecule has 5 heteroatoms. The summed E-state index contributed by atoms with van der Waals surface area (Å²) in [6.45, 7) is 0. The van der Waals surface area contributed by atoms with E-state index in [1.54, 1.807) is 6.07 Å². The molecule has 80 valence electrons. The molecule has 2 aromatic heterocycles. The average molecular weight is 234 g/mol. The van der Waals surface area contributed by atoms with Gasteiger partial charge in [0.15, 0.2) is 0 Å². The number of fused-ring (bicyclic) bond motifs is 3. The third-order valence-corrected chi connectivity index (χ3v) is 3.03. The molecule has 0 N–H and O–H groups in total. The van der Waals surface area contributed by atoms with Crippen molar-refractivity contribution in [1.29, 1.82) is 0 Å². The fourth-order valence-corrected chi connectivity index (χ4v) is 2.27. The van der Waals surface area contributed by atoms with Crippen LogP contribution >= 0.6 is 11.6 Å². The number of carbonyl (C=O) groups is 1. The number of nitrogens with zero attached hydrogens (tertiary/aromatic N) is 3. The molecule has 16 heavy (non-hydrogen) atoms. The molecule has 3 heterocycles. The Bertz CT molecular complexity index is 576. The van der Waals surface area contributed by atoms with E-state index in [1.807, 2.05) is 17.0 Å². The lowest BCUT2D eigenvalue weighted by molar-refractivity contribution is 0.108. The van der Waals surface area contributed by atoms with Gasteiger partial charge >= 0.3 is 0 Å². The minimum Gasteiger partial charge on any atom is -0.305 e. The maximum atomic E-state index is 11.2. The van der Waals surface area contributed by atoms with Crippen LogP contribution in [0.4, 0.5) is 0 Å². The summed E-state index contributed by atoms with van der Waals surface area (Å²) in [5.41, 5.74) is 2.61. The Kier molecular flexibility index (Phi) is 2.04. The topological polar surface area (TPSA) is 47.8 Å². The summed E-state index contributed by atoms with van der Waals surface area (Å²) in [6, 6.07) is 1.74. The maximum absolute atomic E-state index is 11.2. The van der Waals surface area contributed by atoms with Gasteiger partial charge in [0.2, 0.25) is 0 Å². The predicted molar refractivity (Wildman–Crippen MR) is 59.0 cm³/mol. The van der Waals surface area contributed by atoms with E-state index in [-0.39, 0.29) is 0 Å². The van der Waals surface area contributed by atoms with Crippen LogP contribution in [0.5, 0.6) is 0 Å². The first kappa shape index (κ1) is 9.54. The minimum absolute atomic E-state index is 0.411. The van der Waals surface area contributed by atoms with Crippen LogP contribution in [0.25, 0.3) is 5.82 Å². The van der Waals surface area contributed by atoms with Gasteiger partial charge in [-0.2, -0.15) is 0 Å². The molecular weight excluding hydrogens is 226 g/mol. The number of rotatable bonds is 1. The highest BCUT2D eigenvalue weighted by molar-refractivity contribution is 6.67. The van der Waals surface area contributed by atoms with Gasteiger partial charge < -0.3 is 4.57 Å². The fraction of sp³-hybridized carbons (Fsp3) is 0.182. The SMILES string of the molecule is O=C(Cl)c1ccn2c1CCc1cncnc1-2. The number of halogens is 1. The van der Waals surface area contributed by atoms with E-state index in [0.29, 0.717) is 5.56 Å². The van der Waals surface area contributed by atoms with E-state index < -0.39 is 5.24 Å². The largest absolute Gasteiger partial charge is 0.305 e. The van der Waals surface area contributed by atoms with E-state index in [9.17, 15) is 4.79 Å². The Labute approximate surface area is 96.9 Å². The summed E-state index contributed by atoms with van der Waals surface area (Å²) in [5.74, 6) is 0.848. The van der Waals surface area contributed by atoms with E-state index in [0.717, 1.165) is 29.9 Å². The molecule has 0 amide bonds. The molecule has 0 saturated carbocycles. The van der Waals surface area contributed by atoms with Crippen molar-refractivity contribution in [3.63, 3.8) is 0 Å². The Morgan fingerprint density at radius 2 is 2.31 bits per heavy atom. The molecule has 4 nitrogen and oxygen atoms in total. The Morgan fingerprint density at radius 3 is 3.12 bits per heavy atom. The van der Waals surface area contributed by atoms with Gasteiger partial charge in [-0.3, -0.25) is 4.79 Å². The van der Waals surface area contributed by atoms with Crippen molar-refractivity contribution >= 4 is 16.8 Å². The maximum Gasteiger partial charge on any atom is 0.254 e. The Balaban J connectivity index is 2.23. The number of aromatic nitrogens is 3. The zero-order chi connectivity index (χ0) is 11.1. The first-order valence-electron chi connectivity index (χ1n) is 4.96. The van der Waals surface area contributed by atoms with Gasteiger partial charge in [0.1, 0.15) is 12.1 Å². The van der Waals surface area contributed by atoms with Crippen molar-refractivity contribution in [1.82, 2.24) is 14.5 Å². The van der Waals surface area contributed by atoms with Crippen LogP contribution in [0.1, 0.15) is 21.6 Å². The predicted octanol–water partition coefficient (Wildman–Crippen LogP) is 1.74. The molecule has 1 aliphatic heterocycles. The van der Waals surface area contributed by atoms with Crippen LogP contribution in [0.2, 0.25) is 0 Å². The third-order valence-electron chi connectivity index (χ3n) is 2.83. The van der Waals surface area contributed by atoms with Gasteiger partial charge in [0, 0.05) is 23.7 Å². The first-order valence-corrected chi connectivity index (χ1v) is 5.34. The van der Waals surface area contributed by atoms with Crippen molar-refractivity contribution in [3.8, 4) is 5.82 Å². The van der Waals surface area contributed by atoms with Gasteiger partial charge in [-0.15, -0.1) is 0 Å². The molecule has 0 atom stereocenters. The van der Waals surface area contributed by atoms with Gasteiger partial charge in [-0.05, 0) is 30.5 Å². The second-order valence-electron chi connectivity index (χ2n) is 3.69. The molecule has 0 fully saturated rings. The summed E-state index contributed by atoms with van der Waals surface area (Å²) in [7, 11) is 0. The van der Waals surface area contributed by atoms with Crippen molar-refractivity contribution in [2.24, 2.45) is 0 Å². The van der Waals surface area contributed by atoms with Crippen molar-refractivity contribution < 1.29 is 4.79 Å². The van der Waals surface area contributed by atoms with E-state index in [4.69, 9.17) is 11.6 Å². The lowest BCUT2D eigenvalue weighted by atomic mass is 10.0. The molecule has 0 aromatic carbocycles. The lowest BCUT2D eigenvalue weighted by Gasteiger charge is -2.18. The molecule has 0 spiro atoms. The molecule has 0 aliphatic carbocycles. The average Bonchev–Trinajstić information content (AvgIpc) is 2.73. The molecule has 0 radical (unpaired) electrons. The molecule has 3 rings (SSSR count). The van der Waals surface area contributed by atoms with Crippen molar-refractivity contribution in [3.05, 3.63) is 41.6 Å². The van der Waals surface area contributed by atoms with E-state index in [2.05, 4.69) is 9.97 Å². The summed E-state index contributed by atoms with van der Waals surface area (Å²) in [5, 5.41) is -0.411. The van der Waals surface area contributed by atoms with Crippen LogP contribution < -0.4 is 0 Å². The second-order valence-corrected chi connectivity index (χ2v) is 4.03. The van der Waals surface area contributed by atoms with Crippen LogP contribution in [-0.2, 0) is 12.8 Å². The number of hydrogen-bond acceptors (Lipinski definition) is 3. The molecule has 0 bridgehead atoms. The summed E-state index contributed by atoms with van der Waals surface area (Å²) >= 11 is 5.52. The normalized spacial score (nSPS) is 13.1. The standard InChI is InChI=1S/C11H8ClN3O/c12-10(16)8-3-4-15-9(8)2-1-7-5-13-6-14-11(7)15/h3-6H,1-2H2. The highest BCUT2D eigenvalue weighted by atomic mass is 35.5. The molecule has 2 aromatic rings. The van der Waals surface area contributed by atoms with Crippen LogP contribution in [0.3, 0.4) is 0 Å². The Morgan fingerprint density at radius 1 is 1.44 bits per heavy atom. The van der Waals surface area contributed by atoms with E-state index in [1.165, 1.54) is 6.33 Å². The minimum atomic E-state index is -0.411.